The summed E-state index contributed by atoms with van der Waals surface area (Å²) in [6.45, 7) is 0. The van der Waals surface area contributed by atoms with Gasteiger partial charge in [0.2, 0.25) is 0 Å². The number of benzene rings is 2. The number of nitro benzene ring substituents is 1. The van der Waals surface area contributed by atoms with Gasteiger partial charge in [0, 0.05) is 28.8 Å². The Morgan fingerprint density at radius 2 is 1.74 bits per heavy atom. The third-order valence-corrected chi connectivity index (χ3v) is 6.69. The fraction of sp³-hybridized carbons (Fsp3) is 0.200. The number of nitrogens with zero attached hydrogens (tertiary/aromatic N) is 3. The molecule has 2 amide bonds. The molecule has 0 unspecified atom stereocenters. The number of hydrogen-bond donors (Lipinski definition) is 0. The highest BCUT2D eigenvalue weighted by molar-refractivity contribution is 6.31. The van der Waals surface area contributed by atoms with Crippen LogP contribution in [0.1, 0.15) is 17.5 Å². The highest BCUT2D eigenvalue weighted by atomic mass is 35.5. The lowest BCUT2D eigenvalue weighted by molar-refractivity contribution is -0.384. The summed E-state index contributed by atoms with van der Waals surface area (Å²) in [5.74, 6) is -1.78. The first-order chi connectivity index (χ1) is 16.8. The molecule has 1 heterocycles. The minimum atomic E-state index is -0.703. The normalized spacial score (nSPS) is 24.7. The zero-order valence-electron chi connectivity index (χ0n) is 18.1. The van der Waals surface area contributed by atoms with Crippen molar-refractivity contribution in [2.45, 2.75) is 6.42 Å². The molecule has 1 saturated heterocycles. The van der Waals surface area contributed by atoms with Crippen molar-refractivity contribution in [3.05, 3.63) is 87.0 Å². The van der Waals surface area contributed by atoms with Crippen molar-refractivity contribution in [3.8, 4) is 5.75 Å². The van der Waals surface area contributed by atoms with E-state index < -0.39 is 10.9 Å². The Kier molecular flexibility index (Phi) is 5.78. The van der Waals surface area contributed by atoms with Crippen LogP contribution < -0.4 is 4.74 Å². The molecule has 0 aromatic heterocycles. The number of carbonyl (C=O) groups excluding carboxylic acids is 3. The van der Waals surface area contributed by atoms with Crippen LogP contribution in [0, 0.1) is 33.8 Å². The number of nitro groups is 1. The molecule has 1 saturated carbocycles. The SMILES string of the molecule is O=C(/C=C/c1ccc([N+](=O)[O-])cc1)Oc1ccc(Cl)cc1C=NN1C(=O)[C@@H]2[C@H](C1=O)[C@H]1C=C[C@H]2C1. The Morgan fingerprint density at radius 1 is 1.09 bits per heavy atom. The Balaban J connectivity index is 1.30. The van der Waals surface area contributed by atoms with Gasteiger partial charge >= 0.3 is 5.97 Å². The van der Waals surface area contributed by atoms with E-state index >= 15 is 0 Å². The molecule has 10 heteroatoms. The lowest BCUT2D eigenvalue weighted by atomic mass is 9.85. The van der Waals surface area contributed by atoms with Crippen LogP contribution >= 0.6 is 11.6 Å². The van der Waals surface area contributed by atoms with E-state index in [-0.39, 0.29) is 46.9 Å². The number of amides is 2. The standard InChI is InChI=1S/C25H18ClN3O6/c26-18-6-9-20(35-21(30)10-3-14-1-7-19(8-2-14)29(33)34)17(12-18)13-27-28-24(31)22-15-4-5-16(11-15)23(22)25(28)32/h1-10,12-13,15-16,22-23H,11H2/b10-3+,27-13?/t15-,16-,22-,23+/m0/s1. The molecule has 176 valence electrons. The molecule has 9 nitrogen and oxygen atoms in total. The van der Waals surface area contributed by atoms with E-state index in [0.717, 1.165) is 11.4 Å². The molecule has 2 aromatic carbocycles. The molecule has 4 atom stereocenters. The van der Waals surface area contributed by atoms with Gasteiger partial charge in [-0.05, 0) is 60.2 Å². The molecule has 35 heavy (non-hydrogen) atoms. The molecular weight excluding hydrogens is 474 g/mol. The second-order valence-electron chi connectivity index (χ2n) is 8.52. The Morgan fingerprint density at radius 3 is 2.37 bits per heavy atom. The molecule has 2 aromatic rings. The Hall–Kier alpha value is -4.11. The van der Waals surface area contributed by atoms with Gasteiger partial charge in [0.25, 0.3) is 17.5 Å². The number of rotatable bonds is 6. The first-order valence-corrected chi connectivity index (χ1v) is 11.2. The number of hydrazone groups is 1. The van der Waals surface area contributed by atoms with Crippen LogP contribution in [0.4, 0.5) is 5.69 Å². The number of hydrogen-bond acceptors (Lipinski definition) is 7. The van der Waals surface area contributed by atoms with Gasteiger partial charge in [0.1, 0.15) is 5.75 Å². The van der Waals surface area contributed by atoms with Gasteiger partial charge in [-0.3, -0.25) is 19.7 Å². The van der Waals surface area contributed by atoms with Crippen molar-refractivity contribution in [2.24, 2.45) is 28.8 Å². The van der Waals surface area contributed by atoms with Gasteiger partial charge in [-0.2, -0.15) is 10.1 Å². The van der Waals surface area contributed by atoms with E-state index in [2.05, 4.69) is 5.10 Å². The molecule has 0 spiro atoms. The average molecular weight is 492 g/mol. The number of halogens is 1. The zero-order valence-corrected chi connectivity index (χ0v) is 18.9. The van der Waals surface area contributed by atoms with E-state index in [4.69, 9.17) is 16.3 Å². The largest absolute Gasteiger partial charge is 0.423 e. The van der Waals surface area contributed by atoms with Gasteiger partial charge < -0.3 is 4.74 Å². The van der Waals surface area contributed by atoms with Crippen molar-refractivity contribution in [1.29, 1.82) is 0 Å². The maximum Gasteiger partial charge on any atom is 0.336 e. The third kappa shape index (κ3) is 4.26. The number of carbonyl (C=O) groups is 3. The van der Waals surface area contributed by atoms with E-state index in [1.165, 1.54) is 60.8 Å². The second-order valence-corrected chi connectivity index (χ2v) is 8.95. The van der Waals surface area contributed by atoms with Crippen LogP contribution in [0.3, 0.4) is 0 Å². The molecule has 2 bridgehead atoms. The summed E-state index contributed by atoms with van der Waals surface area (Å²) in [5, 5.41) is 16.1. The van der Waals surface area contributed by atoms with Gasteiger partial charge in [-0.25, -0.2) is 4.79 Å². The lowest BCUT2D eigenvalue weighted by Gasteiger charge is -2.13. The second kappa shape index (κ2) is 8.92. The minimum absolute atomic E-state index is 0.0580. The maximum atomic E-state index is 12.8. The third-order valence-electron chi connectivity index (χ3n) is 6.46. The first kappa shape index (κ1) is 22.7. The van der Waals surface area contributed by atoms with Crippen molar-refractivity contribution in [3.63, 3.8) is 0 Å². The molecule has 0 radical (unpaired) electrons. The number of allylic oxidation sites excluding steroid dienone is 2. The highest BCUT2D eigenvalue weighted by Gasteiger charge is 2.59. The van der Waals surface area contributed by atoms with Crippen LogP contribution in [0.25, 0.3) is 6.08 Å². The molecule has 5 rings (SSSR count). The van der Waals surface area contributed by atoms with Crippen molar-refractivity contribution >= 4 is 47.4 Å². The van der Waals surface area contributed by atoms with Crippen molar-refractivity contribution < 1.29 is 24.0 Å². The van der Waals surface area contributed by atoms with Gasteiger partial charge in [-0.1, -0.05) is 23.8 Å². The summed E-state index contributed by atoms with van der Waals surface area (Å²) in [6.07, 6.45) is 8.74. The molecule has 0 N–H and O–H groups in total. The topological polar surface area (TPSA) is 119 Å². The summed E-state index contributed by atoms with van der Waals surface area (Å²) in [7, 11) is 0. The molecular formula is C25H18ClN3O6. The van der Waals surface area contributed by atoms with E-state index in [1.54, 1.807) is 0 Å². The van der Waals surface area contributed by atoms with E-state index in [0.29, 0.717) is 16.1 Å². The quantitative estimate of drug-likeness (QED) is 0.0880. The van der Waals surface area contributed by atoms with Crippen LogP contribution in [0.15, 0.2) is 65.8 Å². The number of esters is 1. The molecule has 2 aliphatic carbocycles. The van der Waals surface area contributed by atoms with Crippen LogP contribution in [0.5, 0.6) is 5.75 Å². The predicted octanol–water partition coefficient (Wildman–Crippen LogP) is 4.01. The zero-order chi connectivity index (χ0) is 24.7. The highest BCUT2D eigenvalue weighted by Crippen LogP contribution is 2.52. The number of fused-ring (bicyclic) bond motifs is 5. The smallest absolute Gasteiger partial charge is 0.336 e. The summed E-state index contributed by atoms with van der Waals surface area (Å²) in [5.41, 5.74) is 0.830. The minimum Gasteiger partial charge on any atom is -0.423 e. The summed E-state index contributed by atoms with van der Waals surface area (Å²) in [4.78, 5) is 48.2. The van der Waals surface area contributed by atoms with Gasteiger partial charge in [0.05, 0.1) is 23.0 Å². The lowest BCUT2D eigenvalue weighted by Crippen LogP contribution is -2.28. The van der Waals surface area contributed by atoms with Gasteiger partial charge in [-0.15, -0.1) is 0 Å². The Labute approximate surface area is 204 Å². The number of non-ortho nitro benzene ring substituents is 1. The van der Waals surface area contributed by atoms with Gasteiger partial charge in [0.15, 0.2) is 0 Å². The Bertz CT molecular complexity index is 1300. The predicted molar refractivity (Wildman–Crippen MR) is 126 cm³/mol. The molecule has 3 aliphatic rings. The fourth-order valence-electron chi connectivity index (χ4n) is 4.85. The van der Waals surface area contributed by atoms with Crippen LogP contribution in [0.2, 0.25) is 5.02 Å². The van der Waals surface area contributed by atoms with Crippen molar-refractivity contribution in [1.82, 2.24) is 5.01 Å². The number of imide groups is 1. The fourth-order valence-corrected chi connectivity index (χ4v) is 5.03. The average Bonchev–Trinajstić information content (AvgIpc) is 3.52. The number of ether oxygens (including phenoxy) is 1. The van der Waals surface area contributed by atoms with Crippen molar-refractivity contribution in [2.75, 3.05) is 0 Å². The first-order valence-electron chi connectivity index (χ1n) is 10.9. The molecule has 2 fully saturated rings. The van der Waals surface area contributed by atoms with Crippen LogP contribution in [-0.2, 0) is 14.4 Å². The van der Waals surface area contributed by atoms with Crippen LogP contribution in [-0.4, -0.2) is 33.9 Å². The summed E-state index contributed by atoms with van der Waals surface area (Å²) >= 11 is 6.09. The maximum absolute atomic E-state index is 12.8. The van der Waals surface area contributed by atoms with E-state index in [1.807, 2.05) is 12.2 Å². The monoisotopic (exact) mass is 491 g/mol. The van der Waals surface area contributed by atoms with E-state index in [9.17, 15) is 24.5 Å². The summed E-state index contributed by atoms with van der Waals surface area (Å²) in [6, 6.07) is 10.2. The molecule has 1 aliphatic heterocycles. The summed E-state index contributed by atoms with van der Waals surface area (Å²) < 4.78 is 5.39.